The van der Waals surface area contributed by atoms with E-state index in [1.165, 1.54) is 5.56 Å². The summed E-state index contributed by atoms with van der Waals surface area (Å²) in [7, 11) is 0.167. The molecule has 0 heterocycles. The van der Waals surface area contributed by atoms with Gasteiger partial charge in [-0.05, 0) is 38.3 Å². The lowest BCUT2D eigenvalue weighted by Crippen LogP contribution is -2.60. The number of carboxylic acids is 1. The van der Waals surface area contributed by atoms with Crippen LogP contribution in [0.5, 0.6) is 5.75 Å². The van der Waals surface area contributed by atoms with Crippen molar-refractivity contribution in [3.05, 3.63) is 29.3 Å². The highest BCUT2D eigenvalue weighted by atomic mass is 31.2. The number of quaternary nitrogens is 1. The van der Waals surface area contributed by atoms with Crippen molar-refractivity contribution in [2.75, 3.05) is 34.4 Å². The van der Waals surface area contributed by atoms with Gasteiger partial charge in [-0.3, -0.25) is 13.8 Å². The van der Waals surface area contributed by atoms with Gasteiger partial charge in [0.1, 0.15) is 11.9 Å². The van der Waals surface area contributed by atoms with Crippen LogP contribution in [0.2, 0.25) is 0 Å². The molecule has 0 saturated carbocycles. The highest BCUT2D eigenvalue weighted by Crippen LogP contribution is 2.45. The molecule has 190 valence electrons. The van der Waals surface area contributed by atoms with Gasteiger partial charge in [0, 0.05) is 6.23 Å². The van der Waals surface area contributed by atoms with Gasteiger partial charge in [0.15, 0.2) is 0 Å². The van der Waals surface area contributed by atoms with Gasteiger partial charge in [0.2, 0.25) is 0 Å². The summed E-state index contributed by atoms with van der Waals surface area (Å²) in [6.07, 6.45) is 1.63. The molecule has 33 heavy (non-hydrogen) atoms. The van der Waals surface area contributed by atoms with E-state index < -0.39 is 32.5 Å². The number of hydrogen-bond acceptors (Lipinski definition) is 6. The van der Waals surface area contributed by atoms with Crippen LogP contribution in [-0.2, 0) is 18.4 Å². The van der Waals surface area contributed by atoms with Crippen LogP contribution in [0.25, 0.3) is 0 Å². The van der Waals surface area contributed by atoms with E-state index in [0.29, 0.717) is 13.0 Å². The van der Waals surface area contributed by atoms with Crippen molar-refractivity contribution in [2.45, 2.75) is 71.1 Å². The molecule has 2 unspecified atom stereocenters. The van der Waals surface area contributed by atoms with Gasteiger partial charge in [0.25, 0.3) is 0 Å². The number of aliphatic carboxylic acids is 1. The second kappa shape index (κ2) is 14.0. The highest BCUT2D eigenvalue weighted by Gasteiger charge is 2.34. The minimum atomic E-state index is -4.53. The minimum absolute atomic E-state index is 0.00270. The molecule has 0 aliphatic rings. The molecule has 1 aromatic carbocycles. The van der Waals surface area contributed by atoms with E-state index in [1.54, 1.807) is 21.1 Å². The van der Waals surface area contributed by atoms with Crippen LogP contribution in [0.1, 0.15) is 56.1 Å². The third-order valence-electron chi connectivity index (χ3n) is 5.11. The molecule has 9 nitrogen and oxygen atoms in total. The fraction of sp³-hybridized carbons (Fsp3) is 0.696. The Morgan fingerprint density at radius 1 is 1.06 bits per heavy atom. The van der Waals surface area contributed by atoms with Gasteiger partial charge >= 0.3 is 13.8 Å². The maximum absolute atomic E-state index is 12.4. The van der Waals surface area contributed by atoms with Gasteiger partial charge < -0.3 is 24.3 Å². The molecule has 10 heteroatoms. The first kappa shape index (κ1) is 29.6. The normalized spacial score (nSPS) is 15.6. The molecule has 1 rings (SSSR count). The number of phosphoric ester groups is 1. The van der Waals surface area contributed by atoms with Gasteiger partial charge in [-0.1, -0.05) is 43.4 Å². The molecule has 0 fully saturated rings. The fourth-order valence-corrected chi connectivity index (χ4v) is 4.24. The third-order valence-corrected chi connectivity index (χ3v) is 6.15. The number of phosphoric acid groups is 1. The first-order chi connectivity index (χ1) is 15.3. The van der Waals surface area contributed by atoms with E-state index in [2.05, 4.69) is 13.0 Å². The SMILES string of the molecule is Cc1ccc(OCCCCCCCCOP(=O)(O)O[C@H](CC(=O)O)C([O-])[N+](C)(C)C)c(C)c1. The third kappa shape index (κ3) is 12.5. The Labute approximate surface area is 197 Å². The maximum atomic E-state index is 12.4. The largest absolute Gasteiger partial charge is 0.804 e. The quantitative estimate of drug-likeness (QED) is 0.148. The van der Waals surface area contributed by atoms with Crippen LogP contribution in [0, 0.1) is 13.8 Å². The summed E-state index contributed by atoms with van der Waals surface area (Å²) in [5.74, 6) is -0.363. The summed E-state index contributed by atoms with van der Waals surface area (Å²) >= 11 is 0. The zero-order valence-electron chi connectivity index (χ0n) is 20.5. The van der Waals surface area contributed by atoms with E-state index in [-0.39, 0.29) is 11.1 Å². The molecule has 0 spiro atoms. The molecule has 0 aromatic heterocycles. The Bertz CT molecular complexity index is 780. The predicted octanol–water partition coefficient (Wildman–Crippen LogP) is 3.39. The fourth-order valence-electron chi connectivity index (χ4n) is 3.30. The first-order valence-corrected chi connectivity index (χ1v) is 12.9. The van der Waals surface area contributed by atoms with E-state index in [1.807, 2.05) is 19.1 Å². The number of carbonyl (C=O) groups is 1. The van der Waals surface area contributed by atoms with E-state index in [9.17, 15) is 19.4 Å². The molecule has 0 radical (unpaired) electrons. The van der Waals surface area contributed by atoms with Gasteiger partial charge in [-0.2, -0.15) is 0 Å². The van der Waals surface area contributed by atoms with Crippen molar-refractivity contribution < 1.29 is 42.7 Å². The smallest absolute Gasteiger partial charge is 0.472 e. The summed E-state index contributed by atoms with van der Waals surface area (Å²) in [6, 6.07) is 6.14. The van der Waals surface area contributed by atoms with Crippen LogP contribution < -0.4 is 9.84 Å². The highest BCUT2D eigenvalue weighted by molar-refractivity contribution is 7.47. The lowest BCUT2D eigenvalue weighted by atomic mass is 10.1. The number of ether oxygens (including phenoxy) is 1. The van der Waals surface area contributed by atoms with E-state index >= 15 is 0 Å². The van der Waals surface area contributed by atoms with Crippen molar-refractivity contribution >= 4 is 13.8 Å². The average molecular weight is 490 g/mol. The summed E-state index contributed by atoms with van der Waals surface area (Å²) in [5.41, 5.74) is 2.35. The standard InChI is InChI=1S/C23H40NO8P/c1-18-12-13-20(19(2)16-18)30-14-10-8-6-7-9-11-15-31-33(28,29)32-21(17-22(25)26)23(27)24(3,4)5/h12-13,16,21,23H,6-11,14-15,17H2,1-5H3,(H,25,26)(H,28,29)/t21-,23?/m1/s1. The molecule has 0 aliphatic heterocycles. The van der Waals surface area contributed by atoms with Crippen molar-refractivity contribution in [1.82, 2.24) is 0 Å². The molecule has 0 saturated heterocycles. The van der Waals surface area contributed by atoms with Gasteiger partial charge in [-0.15, -0.1) is 0 Å². The number of nitrogens with zero attached hydrogens (tertiary/aromatic N) is 1. The summed E-state index contributed by atoms with van der Waals surface area (Å²) in [4.78, 5) is 20.9. The number of unbranched alkanes of at least 4 members (excludes halogenated alkanes) is 5. The first-order valence-electron chi connectivity index (χ1n) is 11.4. The van der Waals surface area contributed by atoms with Crippen LogP contribution in [0.15, 0.2) is 18.2 Å². The summed E-state index contributed by atoms with van der Waals surface area (Å²) in [6.45, 7) is 4.76. The molecule has 0 amide bonds. The van der Waals surface area contributed by atoms with E-state index in [0.717, 1.165) is 43.4 Å². The van der Waals surface area contributed by atoms with Crippen molar-refractivity contribution in [3.63, 3.8) is 0 Å². The van der Waals surface area contributed by atoms with Crippen molar-refractivity contribution in [2.24, 2.45) is 0 Å². The number of benzene rings is 1. The number of hydrogen-bond donors (Lipinski definition) is 2. The number of rotatable bonds is 17. The molecule has 1 aromatic rings. The Morgan fingerprint density at radius 2 is 1.64 bits per heavy atom. The van der Waals surface area contributed by atoms with Crippen LogP contribution in [0.4, 0.5) is 0 Å². The molecule has 3 atom stereocenters. The lowest BCUT2D eigenvalue weighted by molar-refractivity contribution is -0.973. The summed E-state index contributed by atoms with van der Waals surface area (Å²) < 4.78 is 27.7. The second-order valence-corrected chi connectivity index (χ2v) is 10.7. The van der Waals surface area contributed by atoms with Crippen molar-refractivity contribution in [3.8, 4) is 5.75 Å². The molecule has 2 N–H and O–H groups in total. The number of likely N-dealkylation sites (N-methyl/N-ethyl adjacent to an activating group) is 1. The Morgan fingerprint density at radius 3 is 2.18 bits per heavy atom. The maximum Gasteiger partial charge on any atom is 0.472 e. The molecule has 0 aliphatic carbocycles. The molecule has 0 bridgehead atoms. The van der Waals surface area contributed by atoms with Crippen molar-refractivity contribution in [1.29, 1.82) is 0 Å². The lowest BCUT2D eigenvalue weighted by Gasteiger charge is -2.42. The van der Waals surface area contributed by atoms with Gasteiger partial charge in [0.05, 0.1) is 40.8 Å². The average Bonchev–Trinajstić information content (AvgIpc) is 2.68. The molecular formula is C23H40NO8P. The zero-order chi connectivity index (χ0) is 25.1. The van der Waals surface area contributed by atoms with Gasteiger partial charge in [-0.25, -0.2) is 4.57 Å². The van der Waals surface area contributed by atoms with E-state index in [4.69, 9.17) is 18.9 Å². The van der Waals surface area contributed by atoms with Crippen LogP contribution in [0.3, 0.4) is 0 Å². The zero-order valence-corrected chi connectivity index (χ0v) is 21.4. The second-order valence-electron chi connectivity index (χ2n) is 9.29. The molecular weight excluding hydrogens is 449 g/mol. The Hall–Kier alpha value is -1.48. The van der Waals surface area contributed by atoms with Crippen LogP contribution >= 0.6 is 7.82 Å². The Balaban J connectivity index is 2.21. The van der Waals surface area contributed by atoms with Crippen LogP contribution in [-0.4, -0.2) is 67.1 Å². The minimum Gasteiger partial charge on any atom is -0.804 e. The number of aryl methyl sites for hydroxylation is 2. The topological polar surface area (TPSA) is 125 Å². The predicted molar refractivity (Wildman–Crippen MR) is 124 cm³/mol. The summed E-state index contributed by atoms with van der Waals surface area (Å²) in [5, 5.41) is 21.4. The monoisotopic (exact) mass is 489 g/mol. The number of carboxylic acid groups (broad SMARTS) is 1. The Kier molecular flexibility index (Phi) is 12.6.